The molecule has 2 aromatic carbocycles. The molecule has 0 fully saturated rings. The number of hydrogen-bond donors (Lipinski definition) is 2. The van der Waals surface area contributed by atoms with Crippen LogP contribution >= 0.6 is 11.8 Å². The van der Waals surface area contributed by atoms with Crippen molar-refractivity contribution in [1.82, 2.24) is 14.9 Å². The van der Waals surface area contributed by atoms with Crippen LogP contribution in [-0.2, 0) is 19.4 Å². The molecule has 0 unspecified atom stereocenters. The van der Waals surface area contributed by atoms with Crippen LogP contribution in [0.1, 0.15) is 22.6 Å². The van der Waals surface area contributed by atoms with E-state index in [4.69, 9.17) is 4.74 Å². The normalized spacial score (nSPS) is 12.9. The van der Waals surface area contributed by atoms with E-state index in [0.717, 1.165) is 27.6 Å². The number of hydrogen-bond acceptors (Lipinski definition) is 5. The van der Waals surface area contributed by atoms with Crippen LogP contribution in [0.25, 0.3) is 0 Å². The lowest BCUT2D eigenvalue weighted by molar-refractivity contribution is 0.205. The van der Waals surface area contributed by atoms with Crippen molar-refractivity contribution in [1.29, 1.82) is 0 Å². The molecule has 3 aromatic rings. The Morgan fingerprint density at radius 3 is 2.61 bits per heavy atom. The van der Waals surface area contributed by atoms with E-state index in [9.17, 15) is 9.59 Å². The average Bonchev–Trinajstić information content (AvgIpc) is 2.80. The van der Waals surface area contributed by atoms with E-state index in [-0.39, 0.29) is 18.1 Å². The highest BCUT2D eigenvalue weighted by Gasteiger charge is 2.24. The summed E-state index contributed by atoms with van der Waals surface area (Å²) in [5.41, 5.74) is 2.90. The summed E-state index contributed by atoms with van der Waals surface area (Å²) >= 11 is 1.65. The van der Waals surface area contributed by atoms with Crippen molar-refractivity contribution in [3.8, 4) is 5.75 Å². The predicted molar refractivity (Wildman–Crippen MR) is 122 cm³/mol. The second-order valence-electron chi connectivity index (χ2n) is 7.29. The zero-order valence-corrected chi connectivity index (χ0v) is 18.3. The van der Waals surface area contributed by atoms with E-state index in [1.165, 1.54) is 0 Å². The van der Waals surface area contributed by atoms with Gasteiger partial charge in [0.1, 0.15) is 11.6 Å². The molecule has 0 radical (unpaired) electrons. The number of urea groups is 1. The molecule has 31 heavy (non-hydrogen) atoms. The molecule has 1 aliphatic heterocycles. The molecule has 2 heterocycles. The molecule has 4 rings (SSSR count). The van der Waals surface area contributed by atoms with Gasteiger partial charge in [0.2, 0.25) is 0 Å². The maximum Gasteiger partial charge on any atom is 0.322 e. The third-order valence-corrected chi connectivity index (χ3v) is 6.02. The molecule has 0 atom stereocenters. The van der Waals surface area contributed by atoms with E-state index in [1.54, 1.807) is 23.8 Å². The standard InChI is InChI=1S/C23H24N4O3S/c1-30-17-7-3-15(4-8-17)13-21-25-20-11-12-27(14-19(20)22(28)26-21)23(29)24-16-5-9-18(31-2)10-6-16/h3-10H,11-14H2,1-2H3,(H,24,29)(H,25,26,28). The molecule has 2 N–H and O–H groups in total. The lowest BCUT2D eigenvalue weighted by Gasteiger charge is -2.28. The molecular formula is C23H24N4O3S. The molecule has 0 saturated heterocycles. The molecule has 7 nitrogen and oxygen atoms in total. The predicted octanol–water partition coefficient (Wildman–Crippen LogP) is 3.68. The van der Waals surface area contributed by atoms with Crippen LogP contribution < -0.4 is 15.6 Å². The largest absolute Gasteiger partial charge is 0.497 e. The van der Waals surface area contributed by atoms with Crippen molar-refractivity contribution in [2.24, 2.45) is 0 Å². The summed E-state index contributed by atoms with van der Waals surface area (Å²) in [6, 6.07) is 15.1. The van der Waals surface area contributed by atoms with Crippen molar-refractivity contribution in [3.05, 3.63) is 81.5 Å². The van der Waals surface area contributed by atoms with Gasteiger partial charge in [-0.15, -0.1) is 11.8 Å². The summed E-state index contributed by atoms with van der Waals surface area (Å²) in [6.07, 6.45) is 3.09. The summed E-state index contributed by atoms with van der Waals surface area (Å²) in [4.78, 5) is 35.7. The number of aromatic nitrogens is 2. The van der Waals surface area contributed by atoms with Crippen LogP contribution in [-0.4, -0.2) is 40.8 Å². The first kappa shape index (κ1) is 21.0. The number of carbonyl (C=O) groups excluding carboxylic acids is 1. The first-order valence-electron chi connectivity index (χ1n) is 9.99. The van der Waals surface area contributed by atoms with Crippen molar-refractivity contribution in [3.63, 3.8) is 0 Å². The first-order chi connectivity index (χ1) is 15.1. The minimum Gasteiger partial charge on any atom is -0.497 e. The van der Waals surface area contributed by atoms with Gasteiger partial charge in [-0.3, -0.25) is 4.79 Å². The Labute approximate surface area is 184 Å². The van der Waals surface area contributed by atoms with Crippen LogP contribution in [0.15, 0.2) is 58.2 Å². The monoisotopic (exact) mass is 436 g/mol. The van der Waals surface area contributed by atoms with Gasteiger partial charge in [-0.05, 0) is 48.2 Å². The number of ether oxygens (including phenoxy) is 1. The number of methoxy groups -OCH3 is 1. The lowest BCUT2D eigenvalue weighted by Crippen LogP contribution is -2.42. The SMILES string of the molecule is COc1ccc(Cc2nc3c(c(=O)[nH]2)CN(C(=O)Nc2ccc(SC)cc2)CC3)cc1. The summed E-state index contributed by atoms with van der Waals surface area (Å²) < 4.78 is 5.18. The number of fused-ring (bicyclic) bond motifs is 1. The lowest BCUT2D eigenvalue weighted by atomic mass is 10.1. The number of thioether (sulfide) groups is 1. The number of carbonyl (C=O) groups is 1. The van der Waals surface area contributed by atoms with Crippen molar-refractivity contribution < 1.29 is 9.53 Å². The van der Waals surface area contributed by atoms with Gasteiger partial charge in [0, 0.05) is 30.0 Å². The number of H-pyrrole nitrogens is 1. The number of anilines is 1. The highest BCUT2D eigenvalue weighted by molar-refractivity contribution is 7.98. The van der Waals surface area contributed by atoms with Gasteiger partial charge in [0.15, 0.2) is 0 Å². The van der Waals surface area contributed by atoms with E-state index >= 15 is 0 Å². The molecule has 0 spiro atoms. The number of benzene rings is 2. The van der Waals surface area contributed by atoms with Crippen molar-refractivity contribution >= 4 is 23.5 Å². The molecular weight excluding hydrogens is 412 g/mol. The maximum atomic E-state index is 12.7. The maximum absolute atomic E-state index is 12.7. The fourth-order valence-corrected chi connectivity index (χ4v) is 3.96. The summed E-state index contributed by atoms with van der Waals surface area (Å²) in [7, 11) is 1.63. The van der Waals surface area contributed by atoms with Crippen LogP contribution in [0.4, 0.5) is 10.5 Å². The van der Waals surface area contributed by atoms with Gasteiger partial charge in [0.05, 0.1) is 24.9 Å². The fourth-order valence-electron chi connectivity index (χ4n) is 3.55. The smallest absolute Gasteiger partial charge is 0.322 e. The van der Waals surface area contributed by atoms with E-state index in [1.807, 2.05) is 54.8 Å². The Hall–Kier alpha value is -3.26. The fraction of sp³-hybridized carbons (Fsp3) is 0.261. The summed E-state index contributed by atoms with van der Waals surface area (Å²) in [5, 5.41) is 2.90. The highest BCUT2D eigenvalue weighted by atomic mass is 32.2. The van der Waals surface area contributed by atoms with Gasteiger partial charge in [-0.1, -0.05) is 12.1 Å². The Morgan fingerprint density at radius 1 is 1.19 bits per heavy atom. The Kier molecular flexibility index (Phi) is 6.27. The van der Waals surface area contributed by atoms with Gasteiger partial charge in [0.25, 0.3) is 5.56 Å². The van der Waals surface area contributed by atoms with Gasteiger partial charge in [-0.2, -0.15) is 0 Å². The van der Waals surface area contributed by atoms with E-state index in [0.29, 0.717) is 30.8 Å². The average molecular weight is 437 g/mol. The molecule has 0 saturated carbocycles. The Balaban J connectivity index is 1.45. The number of aromatic amines is 1. The molecule has 0 aliphatic carbocycles. The minimum atomic E-state index is -0.218. The third-order valence-electron chi connectivity index (χ3n) is 5.28. The van der Waals surface area contributed by atoms with Crippen LogP contribution in [0, 0.1) is 0 Å². The summed E-state index contributed by atoms with van der Waals surface area (Å²) in [5.74, 6) is 1.41. The zero-order chi connectivity index (χ0) is 21.8. The number of rotatable bonds is 5. The van der Waals surface area contributed by atoms with E-state index in [2.05, 4.69) is 15.3 Å². The molecule has 160 valence electrons. The highest BCUT2D eigenvalue weighted by Crippen LogP contribution is 2.20. The summed E-state index contributed by atoms with van der Waals surface area (Å²) in [6.45, 7) is 0.759. The second-order valence-corrected chi connectivity index (χ2v) is 8.17. The van der Waals surface area contributed by atoms with Gasteiger partial charge >= 0.3 is 6.03 Å². The van der Waals surface area contributed by atoms with Crippen LogP contribution in [0.2, 0.25) is 0 Å². The number of amides is 2. The van der Waals surface area contributed by atoms with E-state index < -0.39 is 0 Å². The Bertz CT molecular complexity index is 1130. The first-order valence-corrected chi connectivity index (χ1v) is 11.2. The zero-order valence-electron chi connectivity index (χ0n) is 17.5. The van der Waals surface area contributed by atoms with Crippen LogP contribution in [0.5, 0.6) is 5.75 Å². The van der Waals surface area contributed by atoms with Gasteiger partial charge < -0.3 is 19.9 Å². The molecule has 1 aromatic heterocycles. The second kappa shape index (κ2) is 9.26. The minimum absolute atomic E-state index is 0.185. The topological polar surface area (TPSA) is 87.3 Å². The third kappa shape index (κ3) is 4.91. The number of nitrogens with zero attached hydrogens (tertiary/aromatic N) is 2. The Morgan fingerprint density at radius 2 is 1.94 bits per heavy atom. The van der Waals surface area contributed by atoms with Crippen LogP contribution in [0.3, 0.4) is 0 Å². The van der Waals surface area contributed by atoms with Gasteiger partial charge in [-0.25, -0.2) is 9.78 Å². The molecule has 8 heteroatoms. The van der Waals surface area contributed by atoms with Crippen molar-refractivity contribution in [2.75, 3.05) is 25.2 Å². The van der Waals surface area contributed by atoms with Crippen molar-refractivity contribution in [2.45, 2.75) is 24.3 Å². The number of nitrogens with one attached hydrogen (secondary N) is 2. The molecule has 0 bridgehead atoms. The molecule has 1 aliphatic rings. The molecule has 2 amide bonds. The quantitative estimate of drug-likeness (QED) is 0.596.